The average Bonchev–Trinajstić information content (AvgIpc) is 2.66. The van der Waals surface area contributed by atoms with Crippen LogP contribution in [0.5, 0.6) is 11.5 Å². The van der Waals surface area contributed by atoms with Crippen molar-refractivity contribution in [3.8, 4) is 11.5 Å². The molecule has 0 aliphatic carbocycles. The number of benzene rings is 2. The van der Waals surface area contributed by atoms with E-state index in [1.807, 2.05) is 55.5 Å². The fourth-order valence-electron chi connectivity index (χ4n) is 2.42. The lowest BCUT2D eigenvalue weighted by molar-refractivity contribution is 0.415. The van der Waals surface area contributed by atoms with E-state index < -0.39 is 0 Å². The Bertz CT molecular complexity index is 737. The number of hydrogen-bond acceptors (Lipinski definition) is 3. The van der Waals surface area contributed by atoms with Gasteiger partial charge in [-0.05, 0) is 62.4 Å². The molecule has 26 heavy (non-hydrogen) atoms. The first-order chi connectivity index (χ1) is 12.5. The maximum atomic E-state index is 5.22. The van der Waals surface area contributed by atoms with Crippen molar-refractivity contribution in [1.82, 2.24) is 4.90 Å². The molecule has 0 aliphatic heterocycles. The summed E-state index contributed by atoms with van der Waals surface area (Å²) in [5.74, 6) is 2.40. The number of guanidine groups is 1. The van der Waals surface area contributed by atoms with Gasteiger partial charge in [0, 0.05) is 18.8 Å². The van der Waals surface area contributed by atoms with Gasteiger partial charge in [-0.2, -0.15) is 0 Å². The number of likely N-dealkylation sites (N-methyl/N-ethyl adjacent to an activating group) is 1. The summed E-state index contributed by atoms with van der Waals surface area (Å²) >= 11 is 0. The number of nitrogens with one attached hydrogen (secondary N) is 1. The quantitative estimate of drug-likeness (QED) is 0.445. The van der Waals surface area contributed by atoms with Gasteiger partial charge < -0.3 is 19.7 Å². The van der Waals surface area contributed by atoms with Crippen LogP contribution in [0.15, 0.2) is 65.7 Å². The Morgan fingerprint density at radius 3 is 2.00 bits per heavy atom. The van der Waals surface area contributed by atoms with Crippen LogP contribution in [-0.4, -0.2) is 38.2 Å². The number of rotatable bonds is 7. The van der Waals surface area contributed by atoms with Crippen molar-refractivity contribution in [2.45, 2.75) is 13.8 Å². The molecular formula is C21H27N3O2. The number of nitrogens with zero attached hydrogens (tertiary/aromatic N) is 2. The minimum absolute atomic E-state index is 0.731. The summed E-state index contributed by atoms with van der Waals surface area (Å²) in [6.45, 7) is 9.68. The smallest absolute Gasteiger partial charge is 0.203 e. The van der Waals surface area contributed by atoms with E-state index in [1.165, 1.54) is 0 Å². The molecule has 0 aliphatic rings. The van der Waals surface area contributed by atoms with Gasteiger partial charge in [0.15, 0.2) is 0 Å². The van der Waals surface area contributed by atoms with Crippen molar-refractivity contribution < 1.29 is 9.47 Å². The maximum absolute atomic E-state index is 5.22. The van der Waals surface area contributed by atoms with Crippen LogP contribution in [0.4, 0.5) is 11.4 Å². The first kappa shape index (κ1) is 19.4. The summed E-state index contributed by atoms with van der Waals surface area (Å²) in [4.78, 5) is 6.95. The second-order valence-corrected chi connectivity index (χ2v) is 5.96. The lowest BCUT2D eigenvalue weighted by Crippen LogP contribution is -2.37. The summed E-state index contributed by atoms with van der Waals surface area (Å²) in [5, 5.41) is 3.41. The van der Waals surface area contributed by atoms with Crippen LogP contribution in [0.1, 0.15) is 13.8 Å². The molecule has 0 aromatic heterocycles. The second-order valence-electron chi connectivity index (χ2n) is 5.96. The molecular weight excluding hydrogens is 326 g/mol. The highest BCUT2D eigenvalue weighted by Gasteiger charge is 2.11. The molecule has 0 saturated heterocycles. The number of methoxy groups -OCH3 is 2. The van der Waals surface area contributed by atoms with Crippen molar-refractivity contribution >= 4 is 17.3 Å². The fourth-order valence-corrected chi connectivity index (χ4v) is 2.42. The Hall–Kier alpha value is -2.95. The van der Waals surface area contributed by atoms with Crippen LogP contribution in [-0.2, 0) is 0 Å². The number of anilines is 1. The molecule has 0 unspecified atom stereocenters. The second kappa shape index (κ2) is 9.51. The van der Waals surface area contributed by atoms with Crippen LogP contribution in [0.25, 0.3) is 0 Å². The zero-order chi connectivity index (χ0) is 18.9. The molecule has 0 atom stereocenters. The molecule has 138 valence electrons. The van der Waals surface area contributed by atoms with E-state index in [9.17, 15) is 0 Å². The largest absolute Gasteiger partial charge is 0.497 e. The molecule has 0 spiro atoms. The van der Waals surface area contributed by atoms with Crippen LogP contribution in [0.3, 0.4) is 0 Å². The summed E-state index contributed by atoms with van der Waals surface area (Å²) < 4.78 is 10.4. The van der Waals surface area contributed by atoms with E-state index in [-0.39, 0.29) is 0 Å². The average molecular weight is 353 g/mol. The van der Waals surface area contributed by atoms with E-state index in [0.717, 1.165) is 47.5 Å². The Balaban J connectivity index is 2.32. The van der Waals surface area contributed by atoms with Gasteiger partial charge >= 0.3 is 0 Å². The zero-order valence-electron chi connectivity index (χ0n) is 16.0. The summed E-state index contributed by atoms with van der Waals surface area (Å²) in [6.07, 6.45) is 0. The third-order valence-electron chi connectivity index (χ3n) is 3.80. The van der Waals surface area contributed by atoms with Crippen molar-refractivity contribution in [2.24, 2.45) is 4.99 Å². The third kappa shape index (κ3) is 5.55. The predicted octanol–water partition coefficient (Wildman–Crippen LogP) is 4.70. The van der Waals surface area contributed by atoms with Crippen molar-refractivity contribution in [2.75, 3.05) is 32.6 Å². The minimum Gasteiger partial charge on any atom is -0.497 e. The molecule has 2 rings (SSSR count). The Kier molecular flexibility index (Phi) is 7.09. The normalized spacial score (nSPS) is 11.0. The van der Waals surface area contributed by atoms with Crippen molar-refractivity contribution in [3.05, 3.63) is 60.7 Å². The molecule has 2 aromatic carbocycles. The van der Waals surface area contributed by atoms with Gasteiger partial charge in [-0.25, -0.2) is 4.99 Å². The maximum Gasteiger partial charge on any atom is 0.203 e. The SMILES string of the molecule is C=C(C)CN(CC)C(=Nc1ccc(OC)cc1)Nc1ccc(OC)cc1. The summed E-state index contributed by atoms with van der Waals surface area (Å²) in [5.41, 5.74) is 2.87. The number of aliphatic imine (C=N–C) groups is 1. The third-order valence-corrected chi connectivity index (χ3v) is 3.80. The highest BCUT2D eigenvalue weighted by atomic mass is 16.5. The molecule has 0 heterocycles. The van der Waals surface area contributed by atoms with E-state index in [4.69, 9.17) is 14.5 Å². The van der Waals surface area contributed by atoms with Gasteiger partial charge in [-0.15, -0.1) is 0 Å². The molecule has 0 bridgehead atoms. The van der Waals surface area contributed by atoms with Crippen LogP contribution < -0.4 is 14.8 Å². The molecule has 1 N–H and O–H groups in total. The topological polar surface area (TPSA) is 46.1 Å². The lowest BCUT2D eigenvalue weighted by Gasteiger charge is -2.25. The van der Waals surface area contributed by atoms with Crippen LogP contribution >= 0.6 is 0 Å². The predicted molar refractivity (Wildman–Crippen MR) is 109 cm³/mol. The van der Waals surface area contributed by atoms with E-state index in [2.05, 4.69) is 23.7 Å². The number of hydrogen-bond donors (Lipinski definition) is 1. The van der Waals surface area contributed by atoms with E-state index in [1.54, 1.807) is 14.2 Å². The van der Waals surface area contributed by atoms with Gasteiger partial charge in [0.2, 0.25) is 5.96 Å². The molecule has 0 radical (unpaired) electrons. The van der Waals surface area contributed by atoms with Gasteiger partial charge in [0.1, 0.15) is 11.5 Å². The van der Waals surface area contributed by atoms with Gasteiger partial charge in [-0.1, -0.05) is 12.2 Å². The Morgan fingerprint density at radius 2 is 1.54 bits per heavy atom. The van der Waals surface area contributed by atoms with Crippen LogP contribution in [0, 0.1) is 0 Å². The Labute approximate surface area is 156 Å². The number of ether oxygens (including phenoxy) is 2. The highest BCUT2D eigenvalue weighted by Crippen LogP contribution is 2.20. The Morgan fingerprint density at radius 1 is 1.00 bits per heavy atom. The van der Waals surface area contributed by atoms with Crippen molar-refractivity contribution in [3.63, 3.8) is 0 Å². The van der Waals surface area contributed by atoms with E-state index in [0.29, 0.717) is 0 Å². The zero-order valence-corrected chi connectivity index (χ0v) is 16.0. The summed E-state index contributed by atoms with van der Waals surface area (Å²) in [6, 6.07) is 15.4. The first-order valence-electron chi connectivity index (χ1n) is 8.58. The van der Waals surface area contributed by atoms with Crippen LogP contribution in [0.2, 0.25) is 0 Å². The molecule has 5 heteroatoms. The highest BCUT2D eigenvalue weighted by molar-refractivity contribution is 5.95. The molecule has 0 fully saturated rings. The minimum atomic E-state index is 0.731. The molecule has 0 saturated carbocycles. The molecule has 5 nitrogen and oxygen atoms in total. The summed E-state index contributed by atoms with van der Waals surface area (Å²) in [7, 11) is 3.31. The van der Waals surface area contributed by atoms with Gasteiger partial charge in [0.05, 0.1) is 19.9 Å². The standard InChI is InChI=1S/C21H27N3O2/c1-6-24(15-16(2)3)21(22-17-7-11-19(25-4)12-8-17)23-18-9-13-20(26-5)14-10-18/h7-14H,2,6,15H2,1,3-5H3,(H,22,23). The fraction of sp³-hybridized carbons (Fsp3) is 0.286. The monoisotopic (exact) mass is 353 g/mol. The van der Waals surface area contributed by atoms with Gasteiger partial charge in [0.25, 0.3) is 0 Å². The molecule has 2 aromatic rings. The molecule has 0 amide bonds. The van der Waals surface area contributed by atoms with Crippen molar-refractivity contribution in [1.29, 1.82) is 0 Å². The lowest BCUT2D eigenvalue weighted by atomic mass is 10.3. The van der Waals surface area contributed by atoms with E-state index >= 15 is 0 Å². The first-order valence-corrected chi connectivity index (χ1v) is 8.58. The van der Waals surface area contributed by atoms with Gasteiger partial charge in [-0.3, -0.25) is 0 Å².